The van der Waals surface area contributed by atoms with Crippen molar-refractivity contribution in [1.82, 2.24) is 5.32 Å². The summed E-state index contributed by atoms with van der Waals surface area (Å²) in [6, 6.07) is 7.44. The van der Waals surface area contributed by atoms with Crippen LogP contribution in [0.3, 0.4) is 0 Å². The predicted octanol–water partition coefficient (Wildman–Crippen LogP) is 2.22. The van der Waals surface area contributed by atoms with Gasteiger partial charge in [-0.05, 0) is 31.0 Å². The van der Waals surface area contributed by atoms with Gasteiger partial charge in [-0.15, -0.1) is 0 Å². The van der Waals surface area contributed by atoms with Crippen molar-refractivity contribution in [2.45, 2.75) is 32.7 Å². The Bertz CT molecular complexity index is 338. The molecular formula is C14H22N2. The Balaban J connectivity index is 2.25. The molecule has 0 aliphatic carbocycles. The molecule has 1 atom stereocenters. The molecule has 0 radical (unpaired) electrons. The van der Waals surface area contributed by atoms with E-state index in [0.29, 0.717) is 6.04 Å². The first-order valence-electron chi connectivity index (χ1n) is 6.33. The minimum absolute atomic E-state index is 0.711. The van der Waals surface area contributed by atoms with E-state index in [1.165, 1.54) is 23.4 Å². The maximum atomic E-state index is 3.26. The summed E-state index contributed by atoms with van der Waals surface area (Å²) in [5.41, 5.74) is 4.50. The molecule has 1 unspecified atom stereocenters. The predicted molar refractivity (Wildman–Crippen MR) is 70.3 cm³/mol. The van der Waals surface area contributed by atoms with Crippen LogP contribution in [-0.2, 0) is 12.8 Å². The van der Waals surface area contributed by atoms with Gasteiger partial charge in [0.05, 0.1) is 6.04 Å². The molecule has 1 aliphatic heterocycles. The SMILES string of the molecule is CCc1cccc(CC)c1N1CC1CNC. The number of aryl methyl sites for hydroxylation is 2. The Hall–Kier alpha value is -1.02. The maximum Gasteiger partial charge on any atom is 0.0590 e. The van der Waals surface area contributed by atoms with E-state index >= 15 is 0 Å². The molecule has 2 nitrogen and oxygen atoms in total. The lowest BCUT2D eigenvalue weighted by molar-refractivity contribution is 0.789. The largest absolute Gasteiger partial charge is 0.363 e. The lowest BCUT2D eigenvalue weighted by atomic mass is 10.0. The first kappa shape index (κ1) is 11.5. The second kappa shape index (κ2) is 4.88. The van der Waals surface area contributed by atoms with E-state index in [1.807, 2.05) is 7.05 Å². The van der Waals surface area contributed by atoms with Crippen molar-refractivity contribution in [2.24, 2.45) is 0 Å². The van der Waals surface area contributed by atoms with Crippen molar-refractivity contribution in [3.63, 3.8) is 0 Å². The second-order valence-electron chi connectivity index (χ2n) is 4.50. The van der Waals surface area contributed by atoms with Crippen molar-refractivity contribution in [3.8, 4) is 0 Å². The van der Waals surface area contributed by atoms with Gasteiger partial charge >= 0.3 is 0 Å². The molecule has 1 heterocycles. The number of likely N-dealkylation sites (N-methyl/N-ethyl adjacent to an activating group) is 1. The summed E-state index contributed by atoms with van der Waals surface area (Å²) in [5, 5.41) is 3.26. The van der Waals surface area contributed by atoms with Crippen LogP contribution in [0, 0.1) is 0 Å². The first-order valence-corrected chi connectivity index (χ1v) is 6.33. The fourth-order valence-electron chi connectivity index (χ4n) is 2.45. The minimum Gasteiger partial charge on any atom is -0.363 e. The van der Waals surface area contributed by atoms with E-state index in [-0.39, 0.29) is 0 Å². The smallest absolute Gasteiger partial charge is 0.0590 e. The quantitative estimate of drug-likeness (QED) is 0.762. The van der Waals surface area contributed by atoms with Crippen molar-refractivity contribution >= 4 is 5.69 Å². The van der Waals surface area contributed by atoms with Gasteiger partial charge in [0.1, 0.15) is 0 Å². The molecule has 0 spiro atoms. The number of nitrogens with zero attached hydrogens (tertiary/aromatic N) is 1. The summed E-state index contributed by atoms with van der Waals surface area (Å²) in [5.74, 6) is 0. The van der Waals surface area contributed by atoms with Gasteiger partial charge in [-0.25, -0.2) is 0 Å². The van der Waals surface area contributed by atoms with Crippen LogP contribution in [0.25, 0.3) is 0 Å². The molecule has 1 aromatic carbocycles. The van der Waals surface area contributed by atoms with Gasteiger partial charge in [-0.2, -0.15) is 0 Å². The van der Waals surface area contributed by atoms with E-state index in [1.54, 1.807) is 0 Å². The second-order valence-corrected chi connectivity index (χ2v) is 4.50. The number of benzene rings is 1. The third-order valence-corrected chi connectivity index (χ3v) is 3.41. The average molecular weight is 218 g/mol. The summed E-state index contributed by atoms with van der Waals surface area (Å²) in [7, 11) is 2.03. The van der Waals surface area contributed by atoms with Crippen LogP contribution < -0.4 is 10.2 Å². The fraction of sp³-hybridized carbons (Fsp3) is 0.571. The van der Waals surface area contributed by atoms with Gasteiger partial charge in [0.25, 0.3) is 0 Å². The topological polar surface area (TPSA) is 15.0 Å². The molecule has 0 amide bonds. The van der Waals surface area contributed by atoms with E-state index in [4.69, 9.17) is 0 Å². The monoisotopic (exact) mass is 218 g/mol. The standard InChI is InChI=1S/C14H22N2/c1-4-11-7-6-8-12(5-2)14(11)16-10-13(16)9-15-3/h6-8,13,15H,4-5,9-10H2,1-3H3. The van der Waals surface area contributed by atoms with Gasteiger partial charge in [0.15, 0.2) is 0 Å². The highest BCUT2D eigenvalue weighted by atomic mass is 15.3. The Morgan fingerprint density at radius 2 is 1.88 bits per heavy atom. The van der Waals surface area contributed by atoms with Gasteiger partial charge in [0, 0.05) is 18.8 Å². The van der Waals surface area contributed by atoms with Crippen LogP contribution in [0.4, 0.5) is 5.69 Å². The van der Waals surface area contributed by atoms with Crippen molar-refractivity contribution in [3.05, 3.63) is 29.3 Å². The number of anilines is 1. The average Bonchev–Trinajstić information content (AvgIpc) is 3.07. The Labute approximate surface area is 98.7 Å². The Morgan fingerprint density at radius 1 is 1.25 bits per heavy atom. The molecule has 0 saturated carbocycles. The number of rotatable bonds is 5. The fourth-order valence-corrected chi connectivity index (χ4v) is 2.45. The molecule has 1 saturated heterocycles. The highest BCUT2D eigenvalue weighted by molar-refractivity contribution is 5.65. The highest BCUT2D eigenvalue weighted by Gasteiger charge is 2.35. The van der Waals surface area contributed by atoms with Gasteiger partial charge < -0.3 is 10.2 Å². The van der Waals surface area contributed by atoms with Crippen LogP contribution in [0.15, 0.2) is 18.2 Å². The molecule has 88 valence electrons. The molecule has 1 aromatic rings. The third-order valence-electron chi connectivity index (χ3n) is 3.41. The molecule has 1 N–H and O–H groups in total. The molecular weight excluding hydrogens is 196 g/mol. The van der Waals surface area contributed by atoms with Gasteiger partial charge in [0.2, 0.25) is 0 Å². The molecule has 0 aromatic heterocycles. The molecule has 16 heavy (non-hydrogen) atoms. The molecule has 1 fully saturated rings. The van der Waals surface area contributed by atoms with Gasteiger partial charge in [-0.3, -0.25) is 0 Å². The number of nitrogens with one attached hydrogen (secondary N) is 1. The third kappa shape index (κ3) is 2.07. The van der Waals surface area contributed by atoms with Gasteiger partial charge in [-0.1, -0.05) is 32.0 Å². The zero-order valence-electron chi connectivity index (χ0n) is 10.6. The zero-order chi connectivity index (χ0) is 11.5. The van der Waals surface area contributed by atoms with Crippen molar-refractivity contribution < 1.29 is 0 Å². The highest BCUT2D eigenvalue weighted by Crippen LogP contribution is 2.34. The lowest BCUT2D eigenvalue weighted by Gasteiger charge is -2.15. The summed E-state index contributed by atoms with van der Waals surface area (Å²) in [6.45, 7) is 6.80. The van der Waals surface area contributed by atoms with E-state index < -0.39 is 0 Å². The Kier molecular flexibility index (Phi) is 3.49. The summed E-state index contributed by atoms with van der Waals surface area (Å²) < 4.78 is 0. The van der Waals surface area contributed by atoms with Crippen molar-refractivity contribution in [2.75, 3.05) is 25.0 Å². The normalized spacial score (nSPS) is 18.9. The van der Waals surface area contributed by atoms with Crippen LogP contribution in [0.5, 0.6) is 0 Å². The lowest BCUT2D eigenvalue weighted by Crippen LogP contribution is -2.18. The number of hydrogen-bond donors (Lipinski definition) is 1. The zero-order valence-corrected chi connectivity index (χ0v) is 10.6. The van der Waals surface area contributed by atoms with E-state index in [0.717, 1.165) is 19.4 Å². The molecule has 0 bridgehead atoms. The number of para-hydroxylation sites is 1. The Morgan fingerprint density at radius 3 is 2.38 bits per heavy atom. The van der Waals surface area contributed by atoms with Crippen LogP contribution in [0.2, 0.25) is 0 Å². The molecule has 2 heteroatoms. The summed E-state index contributed by atoms with van der Waals surface area (Å²) in [6.07, 6.45) is 2.26. The van der Waals surface area contributed by atoms with E-state index in [2.05, 4.69) is 42.3 Å². The maximum absolute atomic E-state index is 3.26. The minimum atomic E-state index is 0.711. The molecule has 1 aliphatic rings. The van der Waals surface area contributed by atoms with E-state index in [9.17, 15) is 0 Å². The summed E-state index contributed by atoms with van der Waals surface area (Å²) in [4.78, 5) is 2.54. The van der Waals surface area contributed by atoms with Crippen LogP contribution in [-0.4, -0.2) is 26.2 Å². The summed E-state index contributed by atoms with van der Waals surface area (Å²) >= 11 is 0. The first-order chi connectivity index (χ1) is 7.81. The van der Waals surface area contributed by atoms with Crippen molar-refractivity contribution in [1.29, 1.82) is 0 Å². The molecule has 2 rings (SSSR count). The number of hydrogen-bond acceptors (Lipinski definition) is 2. The van der Waals surface area contributed by atoms with Crippen LogP contribution in [0.1, 0.15) is 25.0 Å². The van der Waals surface area contributed by atoms with Crippen LogP contribution >= 0.6 is 0 Å².